The number of guanidine groups is 1. The van der Waals surface area contributed by atoms with Crippen molar-refractivity contribution in [1.29, 1.82) is 0 Å². The van der Waals surface area contributed by atoms with Gasteiger partial charge in [-0.15, -0.1) is 24.0 Å². The van der Waals surface area contributed by atoms with Gasteiger partial charge >= 0.3 is 6.18 Å². The molecule has 1 fully saturated rings. The molecule has 138 valence electrons. The van der Waals surface area contributed by atoms with Gasteiger partial charge in [-0.3, -0.25) is 4.99 Å². The van der Waals surface area contributed by atoms with Crippen LogP contribution in [0.3, 0.4) is 0 Å². The smallest absolute Gasteiger partial charge is 0.381 e. The zero-order valence-corrected chi connectivity index (χ0v) is 15.8. The number of rotatable bonds is 8. The van der Waals surface area contributed by atoms with Crippen LogP contribution in [0.2, 0.25) is 0 Å². The lowest BCUT2D eigenvalue weighted by Gasteiger charge is -2.21. The van der Waals surface area contributed by atoms with Crippen molar-refractivity contribution in [2.75, 3.05) is 46.6 Å². The average molecular weight is 453 g/mol. The van der Waals surface area contributed by atoms with Gasteiger partial charge in [0.2, 0.25) is 0 Å². The predicted molar refractivity (Wildman–Crippen MR) is 94.4 cm³/mol. The van der Waals surface area contributed by atoms with Gasteiger partial charge in [0.15, 0.2) is 5.96 Å². The van der Waals surface area contributed by atoms with Crippen LogP contribution in [0.1, 0.15) is 25.7 Å². The molecule has 0 amide bonds. The zero-order chi connectivity index (χ0) is 16.3. The Morgan fingerprint density at radius 3 is 2.48 bits per heavy atom. The first-order valence-electron chi connectivity index (χ1n) is 7.68. The third-order valence-corrected chi connectivity index (χ3v) is 3.38. The van der Waals surface area contributed by atoms with Crippen LogP contribution in [-0.2, 0) is 9.47 Å². The molecule has 1 aliphatic heterocycles. The van der Waals surface area contributed by atoms with Crippen molar-refractivity contribution in [3.63, 3.8) is 0 Å². The molecule has 0 saturated carbocycles. The Morgan fingerprint density at radius 1 is 1.22 bits per heavy atom. The number of hydrogen-bond donors (Lipinski definition) is 2. The standard InChI is InChI=1S/C14H26F3N3O2.HI/c1-18-13(20-7-5-14(15,16)17)19-6-2-8-22-11-12-3-9-21-10-4-12;/h12H,2-11H2,1H3,(H2,18,19,20);1H. The molecule has 0 spiro atoms. The fourth-order valence-corrected chi connectivity index (χ4v) is 2.09. The van der Waals surface area contributed by atoms with Crippen molar-refractivity contribution >= 4 is 29.9 Å². The van der Waals surface area contributed by atoms with Crippen LogP contribution in [0.15, 0.2) is 4.99 Å². The molecular formula is C14H27F3IN3O2. The van der Waals surface area contributed by atoms with Crippen LogP contribution in [0.25, 0.3) is 0 Å². The van der Waals surface area contributed by atoms with Crippen molar-refractivity contribution in [1.82, 2.24) is 10.6 Å². The molecule has 0 aromatic heterocycles. The second-order valence-corrected chi connectivity index (χ2v) is 5.28. The van der Waals surface area contributed by atoms with Crippen molar-refractivity contribution in [2.45, 2.75) is 31.9 Å². The Labute approximate surface area is 152 Å². The summed E-state index contributed by atoms with van der Waals surface area (Å²) in [6.45, 7) is 3.44. The first-order chi connectivity index (χ1) is 10.5. The molecule has 1 rings (SSSR count). The van der Waals surface area contributed by atoms with E-state index in [1.54, 1.807) is 0 Å². The van der Waals surface area contributed by atoms with Gasteiger partial charge in [-0.25, -0.2) is 0 Å². The first kappa shape index (κ1) is 22.7. The molecule has 0 aromatic carbocycles. The molecule has 1 heterocycles. The second-order valence-electron chi connectivity index (χ2n) is 5.28. The van der Waals surface area contributed by atoms with Gasteiger partial charge in [-0.1, -0.05) is 0 Å². The SMILES string of the molecule is CN=C(NCCCOCC1CCOCC1)NCCC(F)(F)F.I. The maximum atomic E-state index is 12.0. The van der Waals surface area contributed by atoms with Gasteiger partial charge < -0.3 is 20.1 Å². The van der Waals surface area contributed by atoms with Crippen LogP contribution in [-0.4, -0.2) is 58.7 Å². The molecule has 0 aliphatic carbocycles. The minimum absolute atomic E-state index is 0. The molecule has 0 radical (unpaired) electrons. The highest BCUT2D eigenvalue weighted by Gasteiger charge is 2.26. The van der Waals surface area contributed by atoms with E-state index in [0.29, 0.717) is 25.0 Å². The highest BCUT2D eigenvalue weighted by Crippen LogP contribution is 2.18. The molecule has 1 saturated heterocycles. The van der Waals surface area contributed by atoms with Crippen LogP contribution < -0.4 is 10.6 Å². The Hall–Kier alpha value is -0.290. The first-order valence-corrected chi connectivity index (χ1v) is 7.68. The summed E-state index contributed by atoms with van der Waals surface area (Å²) in [4.78, 5) is 3.87. The van der Waals surface area contributed by atoms with E-state index in [0.717, 1.165) is 39.1 Å². The van der Waals surface area contributed by atoms with E-state index in [1.807, 2.05) is 0 Å². The van der Waals surface area contributed by atoms with E-state index < -0.39 is 12.6 Å². The molecular weight excluding hydrogens is 426 g/mol. The van der Waals surface area contributed by atoms with Crippen LogP contribution in [0, 0.1) is 5.92 Å². The lowest BCUT2D eigenvalue weighted by atomic mass is 10.0. The number of alkyl halides is 3. The number of halogens is 4. The molecule has 0 atom stereocenters. The van der Waals surface area contributed by atoms with Crippen LogP contribution in [0.4, 0.5) is 13.2 Å². The highest BCUT2D eigenvalue weighted by molar-refractivity contribution is 14.0. The van der Waals surface area contributed by atoms with E-state index in [2.05, 4.69) is 15.6 Å². The Bertz CT molecular complexity index is 325. The summed E-state index contributed by atoms with van der Waals surface area (Å²) in [5, 5.41) is 5.60. The molecule has 0 unspecified atom stereocenters. The maximum Gasteiger partial charge on any atom is 0.390 e. The molecule has 1 aliphatic rings. The molecule has 5 nitrogen and oxygen atoms in total. The fourth-order valence-electron chi connectivity index (χ4n) is 2.09. The number of hydrogen-bond acceptors (Lipinski definition) is 3. The van der Waals surface area contributed by atoms with Gasteiger partial charge in [-0.05, 0) is 25.2 Å². The van der Waals surface area contributed by atoms with E-state index in [1.165, 1.54) is 7.05 Å². The largest absolute Gasteiger partial charge is 0.390 e. The van der Waals surface area contributed by atoms with Crippen LogP contribution >= 0.6 is 24.0 Å². The third kappa shape index (κ3) is 12.8. The third-order valence-electron chi connectivity index (χ3n) is 3.38. The molecule has 2 N–H and O–H groups in total. The quantitative estimate of drug-likeness (QED) is 0.257. The summed E-state index contributed by atoms with van der Waals surface area (Å²) in [7, 11) is 1.53. The Morgan fingerprint density at radius 2 is 1.87 bits per heavy atom. The van der Waals surface area contributed by atoms with Crippen molar-refractivity contribution in [3.8, 4) is 0 Å². The summed E-state index contributed by atoms with van der Waals surface area (Å²) in [5.74, 6) is 0.965. The maximum absolute atomic E-state index is 12.0. The summed E-state index contributed by atoms with van der Waals surface area (Å²) >= 11 is 0. The molecule has 0 bridgehead atoms. The minimum Gasteiger partial charge on any atom is -0.381 e. The molecule has 23 heavy (non-hydrogen) atoms. The number of ether oxygens (including phenoxy) is 2. The fraction of sp³-hybridized carbons (Fsp3) is 0.929. The minimum atomic E-state index is -4.15. The van der Waals surface area contributed by atoms with E-state index in [-0.39, 0.29) is 30.5 Å². The van der Waals surface area contributed by atoms with Crippen molar-refractivity contribution < 1.29 is 22.6 Å². The average Bonchev–Trinajstić information content (AvgIpc) is 2.48. The van der Waals surface area contributed by atoms with E-state index in [4.69, 9.17) is 9.47 Å². The molecule has 0 aromatic rings. The lowest BCUT2D eigenvalue weighted by molar-refractivity contribution is -0.132. The highest BCUT2D eigenvalue weighted by atomic mass is 127. The monoisotopic (exact) mass is 453 g/mol. The zero-order valence-electron chi connectivity index (χ0n) is 13.5. The lowest BCUT2D eigenvalue weighted by Crippen LogP contribution is -2.39. The van der Waals surface area contributed by atoms with Crippen molar-refractivity contribution in [3.05, 3.63) is 0 Å². The van der Waals surface area contributed by atoms with E-state index >= 15 is 0 Å². The van der Waals surface area contributed by atoms with Gasteiger partial charge in [0.1, 0.15) is 0 Å². The van der Waals surface area contributed by atoms with Gasteiger partial charge in [0.25, 0.3) is 0 Å². The van der Waals surface area contributed by atoms with Gasteiger partial charge in [0.05, 0.1) is 6.42 Å². The van der Waals surface area contributed by atoms with E-state index in [9.17, 15) is 13.2 Å². The Balaban J connectivity index is 0.00000484. The number of nitrogens with one attached hydrogen (secondary N) is 2. The van der Waals surface area contributed by atoms with Gasteiger partial charge in [-0.2, -0.15) is 13.2 Å². The predicted octanol–water partition coefficient (Wildman–Crippen LogP) is 2.56. The topological polar surface area (TPSA) is 54.9 Å². The Kier molecular flexibility index (Phi) is 12.9. The summed E-state index contributed by atoms with van der Waals surface area (Å²) in [6, 6.07) is 0. The summed E-state index contributed by atoms with van der Waals surface area (Å²) in [5.41, 5.74) is 0. The normalized spacial score (nSPS) is 16.8. The second kappa shape index (κ2) is 13.1. The van der Waals surface area contributed by atoms with Gasteiger partial charge in [0, 0.05) is 46.6 Å². The number of aliphatic imine (C=N–C) groups is 1. The molecule has 9 heteroatoms. The van der Waals surface area contributed by atoms with Crippen LogP contribution in [0.5, 0.6) is 0 Å². The summed E-state index contributed by atoms with van der Waals surface area (Å²) in [6.07, 6.45) is -2.14. The summed E-state index contributed by atoms with van der Waals surface area (Å²) < 4.78 is 47.0. The number of nitrogens with zero attached hydrogens (tertiary/aromatic N) is 1. The van der Waals surface area contributed by atoms with Crippen molar-refractivity contribution in [2.24, 2.45) is 10.9 Å².